The molecule has 256 valence electrons. The first-order valence-corrected chi connectivity index (χ1v) is 16.8. The summed E-state index contributed by atoms with van der Waals surface area (Å²) in [6.45, 7) is 2.07. The molecule has 5 aromatic rings. The summed E-state index contributed by atoms with van der Waals surface area (Å²) in [5.41, 5.74) is 27.4. The van der Waals surface area contributed by atoms with E-state index in [0.29, 0.717) is 26.4 Å². The van der Waals surface area contributed by atoms with Crippen LogP contribution in [-0.2, 0) is 45.4 Å². The van der Waals surface area contributed by atoms with Gasteiger partial charge in [-0.2, -0.15) is 0 Å². The molecule has 0 saturated heterocycles. The average Bonchev–Trinajstić information content (AvgIpc) is 3.13. The molecule has 1 aliphatic rings. The number of hydrogen-bond donors (Lipinski definition) is 2. The summed E-state index contributed by atoms with van der Waals surface area (Å²) in [6, 6.07) is 44.6. The Morgan fingerprint density at radius 3 is 1.26 bits per heavy atom. The summed E-state index contributed by atoms with van der Waals surface area (Å²) in [7, 11) is 6.83. The van der Waals surface area contributed by atoms with Crippen LogP contribution in [0, 0.1) is 0 Å². The minimum atomic E-state index is -1.34. The van der Waals surface area contributed by atoms with Crippen LogP contribution < -0.4 is 11.5 Å². The van der Waals surface area contributed by atoms with E-state index >= 15 is 0 Å². The normalized spacial score (nSPS) is 15.8. The van der Waals surface area contributed by atoms with Gasteiger partial charge in [-0.25, -0.2) is 0 Å². The minimum Gasteiger partial charge on any atom is -0.380 e. The third kappa shape index (κ3) is 7.28. The van der Waals surface area contributed by atoms with Gasteiger partial charge in [0.25, 0.3) is 0 Å². The molecule has 0 radical (unpaired) electrons. The Morgan fingerprint density at radius 2 is 0.820 bits per heavy atom. The van der Waals surface area contributed by atoms with Crippen molar-refractivity contribution in [2.45, 2.75) is 38.0 Å². The van der Waals surface area contributed by atoms with Crippen molar-refractivity contribution in [2.75, 3.05) is 28.4 Å². The number of ether oxygens (including phenoxy) is 4. The molecule has 0 bridgehead atoms. The minimum absolute atomic E-state index is 0.423. The van der Waals surface area contributed by atoms with Crippen LogP contribution in [0.25, 0.3) is 22.3 Å². The van der Waals surface area contributed by atoms with Gasteiger partial charge >= 0.3 is 0 Å². The smallest absolute Gasteiger partial charge is 0.102 e. The van der Waals surface area contributed by atoms with Gasteiger partial charge in [-0.05, 0) is 66.8 Å². The summed E-state index contributed by atoms with van der Waals surface area (Å²) in [5.74, 6) is -0.423. The molecule has 0 aromatic heterocycles. The van der Waals surface area contributed by atoms with Gasteiger partial charge in [0.15, 0.2) is 0 Å². The molecule has 50 heavy (non-hydrogen) atoms. The molecular weight excluding hydrogens is 620 g/mol. The van der Waals surface area contributed by atoms with Crippen LogP contribution in [-0.4, -0.2) is 34.1 Å². The lowest BCUT2D eigenvalue weighted by Gasteiger charge is -2.45. The molecule has 6 rings (SSSR count). The first-order chi connectivity index (χ1) is 24.4. The van der Waals surface area contributed by atoms with Crippen molar-refractivity contribution in [2.24, 2.45) is 11.5 Å². The van der Waals surface area contributed by atoms with E-state index in [-0.39, 0.29) is 0 Å². The molecular formula is C44H46N2O4. The van der Waals surface area contributed by atoms with E-state index in [1.165, 1.54) is 0 Å². The fraction of sp³-hybridized carbons (Fsp3) is 0.227. The molecule has 0 saturated carbocycles. The Kier molecular flexibility index (Phi) is 11.2. The Morgan fingerprint density at radius 1 is 0.440 bits per heavy atom. The Balaban J connectivity index is 1.74. The van der Waals surface area contributed by atoms with Crippen LogP contribution >= 0.6 is 0 Å². The van der Waals surface area contributed by atoms with Gasteiger partial charge in [-0.15, -0.1) is 0 Å². The fourth-order valence-corrected chi connectivity index (χ4v) is 7.13. The van der Waals surface area contributed by atoms with E-state index in [9.17, 15) is 0 Å². The Hall–Kier alpha value is -4.66. The number of rotatable bonds is 13. The molecule has 1 unspecified atom stereocenters. The number of methoxy groups -OCH3 is 4. The maximum absolute atomic E-state index is 7.67. The second-order valence-electron chi connectivity index (χ2n) is 12.8. The molecule has 6 heteroatoms. The van der Waals surface area contributed by atoms with Crippen LogP contribution in [0.5, 0.6) is 0 Å². The maximum Gasteiger partial charge on any atom is 0.102 e. The topological polar surface area (TPSA) is 89.0 Å². The molecule has 0 amide bonds. The standard InChI is InChI=1S/C44H46N2O4/c1-47-26-30-10-18-35(19-11-30)40-39(34-8-6-5-7-9-34)41(36-20-12-31(13-21-36)27-48-2)43(38-24-16-33(17-25-38)29-50-4)44(45,46)42(40)37-22-14-32(15-23-37)28-49-3/h5-25,42H,26-29,45-46H2,1-4H3. The summed E-state index contributed by atoms with van der Waals surface area (Å²) in [6.07, 6.45) is 0. The molecule has 0 fully saturated rings. The van der Waals surface area contributed by atoms with E-state index in [4.69, 9.17) is 30.4 Å². The van der Waals surface area contributed by atoms with Crippen LogP contribution in [0.4, 0.5) is 0 Å². The number of benzene rings is 5. The SMILES string of the molecule is COCc1ccc(C2=C(c3ccc(COC)cc3)C(N)(N)C(c3ccc(COC)cc3)C(c3ccc(COC)cc3)=C2c2ccccc2)cc1. The van der Waals surface area contributed by atoms with E-state index in [2.05, 4.69) is 121 Å². The van der Waals surface area contributed by atoms with Crippen molar-refractivity contribution < 1.29 is 18.9 Å². The van der Waals surface area contributed by atoms with Crippen molar-refractivity contribution in [1.82, 2.24) is 0 Å². The lowest BCUT2D eigenvalue weighted by molar-refractivity contribution is 0.185. The van der Waals surface area contributed by atoms with Gasteiger partial charge in [0.2, 0.25) is 0 Å². The van der Waals surface area contributed by atoms with Crippen LogP contribution in [0.15, 0.2) is 127 Å². The van der Waals surface area contributed by atoms with Crippen molar-refractivity contribution >= 4 is 22.3 Å². The average molecular weight is 667 g/mol. The zero-order valence-corrected chi connectivity index (χ0v) is 29.3. The Labute approximate surface area is 296 Å². The highest BCUT2D eigenvalue weighted by molar-refractivity contribution is 6.26. The third-order valence-corrected chi connectivity index (χ3v) is 9.34. The van der Waals surface area contributed by atoms with Crippen LogP contribution in [0.2, 0.25) is 0 Å². The van der Waals surface area contributed by atoms with Crippen LogP contribution in [0.3, 0.4) is 0 Å². The highest BCUT2D eigenvalue weighted by Crippen LogP contribution is 2.56. The summed E-state index contributed by atoms with van der Waals surface area (Å²) in [4.78, 5) is 0. The summed E-state index contributed by atoms with van der Waals surface area (Å²) in [5, 5.41) is 0. The van der Waals surface area contributed by atoms with E-state index in [1.54, 1.807) is 28.4 Å². The van der Waals surface area contributed by atoms with E-state index in [0.717, 1.165) is 72.4 Å². The van der Waals surface area contributed by atoms with Crippen molar-refractivity contribution in [3.05, 3.63) is 177 Å². The fourth-order valence-electron chi connectivity index (χ4n) is 7.13. The van der Waals surface area contributed by atoms with Crippen molar-refractivity contribution in [1.29, 1.82) is 0 Å². The van der Waals surface area contributed by atoms with Crippen LogP contribution in [0.1, 0.15) is 56.0 Å². The van der Waals surface area contributed by atoms with Gasteiger partial charge < -0.3 is 30.4 Å². The molecule has 1 atom stereocenters. The van der Waals surface area contributed by atoms with Gasteiger partial charge in [0.1, 0.15) is 5.66 Å². The highest BCUT2D eigenvalue weighted by Gasteiger charge is 2.46. The van der Waals surface area contributed by atoms with Gasteiger partial charge in [-0.1, -0.05) is 127 Å². The largest absolute Gasteiger partial charge is 0.380 e. The molecule has 6 nitrogen and oxygen atoms in total. The zero-order chi connectivity index (χ0) is 35.1. The second-order valence-corrected chi connectivity index (χ2v) is 12.8. The predicted molar refractivity (Wildman–Crippen MR) is 203 cm³/mol. The quantitative estimate of drug-likeness (QED) is 0.123. The number of hydrogen-bond acceptors (Lipinski definition) is 6. The number of nitrogens with two attached hydrogens (primary N) is 2. The molecule has 0 heterocycles. The van der Waals surface area contributed by atoms with E-state index in [1.807, 2.05) is 6.07 Å². The Bertz CT molecular complexity index is 1930. The zero-order valence-electron chi connectivity index (χ0n) is 29.3. The van der Waals surface area contributed by atoms with Gasteiger partial charge in [0, 0.05) is 39.9 Å². The van der Waals surface area contributed by atoms with Gasteiger partial charge in [-0.3, -0.25) is 0 Å². The monoisotopic (exact) mass is 666 g/mol. The maximum atomic E-state index is 7.67. The van der Waals surface area contributed by atoms with Gasteiger partial charge in [0.05, 0.1) is 26.4 Å². The first-order valence-electron chi connectivity index (χ1n) is 16.8. The van der Waals surface area contributed by atoms with Crippen molar-refractivity contribution in [3.8, 4) is 0 Å². The highest BCUT2D eigenvalue weighted by atomic mass is 16.5. The number of allylic oxidation sites excluding steroid dienone is 2. The molecule has 0 spiro atoms. The second kappa shape index (κ2) is 15.9. The first kappa shape index (κ1) is 35.2. The molecule has 5 aromatic carbocycles. The van der Waals surface area contributed by atoms with Crippen molar-refractivity contribution in [3.63, 3.8) is 0 Å². The lowest BCUT2D eigenvalue weighted by Crippen LogP contribution is -2.57. The lowest BCUT2D eigenvalue weighted by atomic mass is 9.63. The molecule has 1 aliphatic carbocycles. The molecule has 0 aliphatic heterocycles. The summed E-state index contributed by atoms with van der Waals surface area (Å²) < 4.78 is 21.8. The third-order valence-electron chi connectivity index (χ3n) is 9.34. The van der Waals surface area contributed by atoms with E-state index < -0.39 is 11.6 Å². The predicted octanol–water partition coefficient (Wildman–Crippen LogP) is 8.21. The molecule has 4 N–H and O–H groups in total. The summed E-state index contributed by atoms with van der Waals surface area (Å²) >= 11 is 0.